The molecular weight excluding hydrogens is 405 g/mol. The molecule has 2 aromatic heterocycles. The lowest BCUT2D eigenvalue weighted by Crippen LogP contribution is -2.27. The third-order valence-electron chi connectivity index (χ3n) is 3.22. The zero-order chi connectivity index (χ0) is 16.6. The Morgan fingerprint density at radius 2 is 1.83 bits per heavy atom. The Hall–Kier alpha value is -1.96. The van der Waals surface area contributed by atoms with Gasteiger partial charge in [0.05, 0.1) is 5.52 Å². The van der Waals surface area contributed by atoms with Crippen LogP contribution in [0.4, 0.5) is 4.79 Å². The third-order valence-corrected chi connectivity index (χ3v) is 4.01. The molecule has 0 amide bonds. The fourth-order valence-corrected chi connectivity index (χ4v) is 2.92. The second kappa shape index (κ2) is 5.92. The smallest absolute Gasteiger partial charge is 0.435 e. The zero-order valence-corrected chi connectivity index (χ0v) is 15.2. The van der Waals surface area contributed by atoms with Gasteiger partial charge in [-0.15, -0.1) is 0 Å². The van der Waals surface area contributed by atoms with E-state index in [-0.39, 0.29) is 0 Å². The monoisotopic (exact) mass is 421 g/mol. The Bertz CT molecular complexity index is 867. The summed E-state index contributed by atoms with van der Waals surface area (Å²) in [6.45, 7) is 5.51. The standard InChI is InChI=1S/C17H16IN3O2/c1-17(2,3)23-16(22)21-14-10-12(11-6-8-19-9-7-11)4-5-13(14)15(18)20-21/h4-10H,1-3H3. The number of fused-ring (bicyclic) bond motifs is 1. The Balaban J connectivity index is 2.11. The number of halogens is 1. The number of pyridine rings is 1. The summed E-state index contributed by atoms with van der Waals surface area (Å²) in [5, 5.41) is 5.25. The fraction of sp³-hybridized carbons (Fsp3) is 0.235. The molecule has 0 radical (unpaired) electrons. The minimum Gasteiger partial charge on any atom is -0.442 e. The molecule has 118 valence electrons. The van der Waals surface area contributed by atoms with Crippen LogP contribution in [0.1, 0.15) is 20.8 Å². The quantitative estimate of drug-likeness (QED) is 0.544. The minimum absolute atomic E-state index is 0.475. The number of benzene rings is 1. The highest BCUT2D eigenvalue weighted by Crippen LogP contribution is 2.27. The highest BCUT2D eigenvalue weighted by atomic mass is 127. The maximum Gasteiger partial charge on any atom is 0.435 e. The highest BCUT2D eigenvalue weighted by Gasteiger charge is 2.21. The fourth-order valence-electron chi connectivity index (χ4n) is 2.25. The van der Waals surface area contributed by atoms with Gasteiger partial charge in [0.2, 0.25) is 0 Å². The number of hydrogen-bond donors (Lipinski definition) is 0. The molecule has 5 nitrogen and oxygen atoms in total. The average Bonchev–Trinajstić information content (AvgIpc) is 2.83. The van der Waals surface area contributed by atoms with E-state index in [0.29, 0.717) is 0 Å². The lowest BCUT2D eigenvalue weighted by Gasteiger charge is -2.19. The molecule has 6 heteroatoms. The van der Waals surface area contributed by atoms with Crippen molar-refractivity contribution in [3.05, 3.63) is 46.4 Å². The summed E-state index contributed by atoms with van der Waals surface area (Å²) in [4.78, 5) is 16.4. The van der Waals surface area contributed by atoms with Gasteiger partial charge in [-0.1, -0.05) is 6.07 Å². The first kappa shape index (κ1) is 15.9. The van der Waals surface area contributed by atoms with Crippen LogP contribution in [0.3, 0.4) is 0 Å². The lowest BCUT2D eigenvalue weighted by molar-refractivity contribution is 0.0522. The summed E-state index contributed by atoms with van der Waals surface area (Å²) in [5.74, 6) is 0. The van der Waals surface area contributed by atoms with Crippen LogP contribution in [-0.2, 0) is 4.74 Å². The van der Waals surface area contributed by atoms with Crippen molar-refractivity contribution >= 4 is 39.6 Å². The molecule has 3 aromatic rings. The summed E-state index contributed by atoms with van der Waals surface area (Å²) < 4.78 is 7.53. The predicted molar refractivity (Wildman–Crippen MR) is 97.3 cm³/mol. The number of aromatic nitrogens is 3. The first-order valence-corrected chi connectivity index (χ1v) is 8.25. The van der Waals surface area contributed by atoms with Gasteiger partial charge in [-0.05, 0) is 78.8 Å². The molecule has 0 aliphatic rings. The highest BCUT2D eigenvalue weighted by molar-refractivity contribution is 14.1. The van der Waals surface area contributed by atoms with Gasteiger partial charge in [0.1, 0.15) is 9.30 Å². The van der Waals surface area contributed by atoms with E-state index in [1.165, 1.54) is 4.68 Å². The molecule has 23 heavy (non-hydrogen) atoms. The van der Waals surface area contributed by atoms with Crippen LogP contribution in [0, 0.1) is 3.70 Å². The number of nitrogens with zero attached hydrogens (tertiary/aromatic N) is 3. The van der Waals surface area contributed by atoms with Gasteiger partial charge < -0.3 is 4.74 Å². The van der Waals surface area contributed by atoms with E-state index in [1.807, 2.05) is 51.1 Å². The van der Waals surface area contributed by atoms with Gasteiger partial charge >= 0.3 is 6.09 Å². The average molecular weight is 421 g/mol. The molecule has 0 atom stereocenters. The summed E-state index contributed by atoms with van der Waals surface area (Å²) in [5.41, 5.74) is 2.21. The molecule has 2 heterocycles. The Morgan fingerprint density at radius 1 is 1.13 bits per heavy atom. The van der Waals surface area contributed by atoms with Crippen molar-refractivity contribution in [2.75, 3.05) is 0 Å². The van der Waals surface area contributed by atoms with Gasteiger partial charge in [0.15, 0.2) is 0 Å². The van der Waals surface area contributed by atoms with E-state index in [9.17, 15) is 4.79 Å². The molecule has 0 saturated carbocycles. The summed E-state index contributed by atoms with van der Waals surface area (Å²) in [7, 11) is 0. The molecule has 0 spiro atoms. The maximum atomic E-state index is 12.4. The molecule has 0 N–H and O–H groups in total. The van der Waals surface area contributed by atoms with Crippen LogP contribution in [-0.4, -0.2) is 26.5 Å². The summed E-state index contributed by atoms with van der Waals surface area (Å²) >= 11 is 2.13. The summed E-state index contributed by atoms with van der Waals surface area (Å²) in [6.07, 6.45) is 3.01. The van der Waals surface area contributed by atoms with Crippen molar-refractivity contribution in [1.29, 1.82) is 0 Å². The van der Waals surface area contributed by atoms with E-state index >= 15 is 0 Å². The number of hydrogen-bond acceptors (Lipinski definition) is 4. The van der Waals surface area contributed by atoms with Crippen molar-refractivity contribution in [3.63, 3.8) is 0 Å². The van der Waals surface area contributed by atoms with Crippen LogP contribution in [0.5, 0.6) is 0 Å². The van der Waals surface area contributed by atoms with Crippen LogP contribution < -0.4 is 0 Å². The molecule has 0 fully saturated rings. The van der Waals surface area contributed by atoms with Gasteiger partial charge in [-0.2, -0.15) is 9.78 Å². The third kappa shape index (κ3) is 3.36. The van der Waals surface area contributed by atoms with Crippen molar-refractivity contribution < 1.29 is 9.53 Å². The Kier molecular flexibility index (Phi) is 4.09. The number of carbonyl (C=O) groups is 1. The molecule has 0 aliphatic carbocycles. The molecule has 0 bridgehead atoms. The van der Waals surface area contributed by atoms with Gasteiger partial charge in [-0.3, -0.25) is 4.98 Å². The van der Waals surface area contributed by atoms with Crippen molar-refractivity contribution in [2.45, 2.75) is 26.4 Å². The van der Waals surface area contributed by atoms with Crippen LogP contribution >= 0.6 is 22.6 Å². The van der Waals surface area contributed by atoms with E-state index < -0.39 is 11.7 Å². The van der Waals surface area contributed by atoms with E-state index in [4.69, 9.17) is 4.74 Å². The van der Waals surface area contributed by atoms with E-state index in [1.54, 1.807) is 12.4 Å². The largest absolute Gasteiger partial charge is 0.442 e. The second-order valence-corrected chi connectivity index (χ2v) is 7.17. The van der Waals surface area contributed by atoms with Crippen LogP contribution in [0.2, 0.25) is 0 Å². The van der Waals surface area contributed by atoms with Gasteiger partial charge in [0, 0.05) is 17.8 Å². The first-order chi connectivity index (χ1) is 10.8. The van der Waals surface area contributed by atoms with Crippen molar-refractivity contribution in [3.8, 4) is 11.1 Å². The minimum atomic E-state index is -0.566. The molecule has 3 rings (SSSR count). The van der Waals surface area contributed by atoms with Crippen molar-refractivity contribution in [1.82, 2.24) is 14.8 Å². The summed E-state index contributed by atoms with van der Waals surface area (Å²) in [6, 6.07) is 9.80. The van der Waals surface area contributed by atoms with Crippen molar-refractivity contribution in [2.24, 2.45) is 0 Å². The van der Waals surface area contributed by atoms with Crippen LogP contribution in [0.25, 0.3) is 22.0 Å². The lowest BCUT2D eigenvalue weighted by atomic mass is 10.1. The first-order valence-electron chi connectivity index (χ1n) is 7.17. The number of rotatable bonds is 1. The molecular formula is C17H16IN3O2. The number of carbonyl (C=O) groups excluding carboxylic acids is 1. The van der Waals surface area contributed by atoms with E-state index in [0.717, 1.165) is 25.7 Å². The topological polar surface area (TPSA) is 57.0 Å². The van der Waals surface area contributed by atoms with E-state index in [2.05, 4.69) is 32.7 Å². The zero-order valence-electron chi connectivity index (χ0n) is 13.1. The second-order valence-electron chi connectivity index (χ2n) is 6.15. The van der Waals surface area contributed by atoms with Gasteiger partial charge in [0.25, 0.3) is 0 Å². The number of ether oxygens (including phenoxy) is 1. The van der Waals surface area contributed by atoms with Crippen LogP contribution in [0.15, 0.2) is 42.7 Å². The molecule has 0 unspecified atom stereocenters. The van der Waals surface area contributed by atoms with Gasteiger partial charge in [-0.25, -0.2) is 4.79 Å². The molecule has 0 aliphatic heterocycles. The Labute approximate surface area is 147 Å². The molecule has 0 saturated heterocycles. The molecule has 1 aromatic carbocycles. The maximum absolute atomic E-state index is 12.4. The predicted octanol–water partition coefficient (Wildman–Crippen LogP) is 4.49. The Morgan fingerprint density at radius 3 is 2.48 bits per heavy atom. The normalized spacial score (nSPS) is 11.7. The SMILES string of the molecule is CC(C)(C)OC(=O)n1nc(I)c2ccc(-c3ccncc3)cc21.